The summed E-state index contributed by atoms with van der Waals surface area (Å²) in [7, 11) is 0. The maximum absolute atomic E-state index is 12.0. The van der Waals surface area contributed by atoms with Gasteiger partial charge in [0, 0.05) is 24.0 Å². The van der Waals surface area contributed by atoms with Crippen LogP contribution in [-0.4, -0.2) is 28.3 Å². The van der Waals surface area contributed by atoms with E-state index in [2.05, 4.69) is 10.4 Å². The van der Waals surface area contributed by atoms with Crippen molar-refractivity contribution in [2.75, 3.05) is 11.9 Å². The third-order valence-corrected chi connectivity index (χ3v) is 4.79. The van der Waals surface area contributed by atoms with Crippen molar-refractivity contribution in [3.05, 3.63) is 23.4 Å². The van der Waals surface area contributed by atoms with E-state index in [0.29, 0.717) is 23.4 Å². The maximum atomic E-state index is 12.0. The van der Waals surface area contributed by atoms with Crippen LogP contribution >= 0.6 is 11.6 Å². The van der Waals surface area contributed by atoms with Gasteiger partial charge >= 0.3 is 5.97 Å². The Hall–Kier alpha value is -2.08. The Morgan fingerprint density at radius 3 is 2.84 bits per heavy atom. The van der Waals surface area contributed by atoms with E-state index in [1.54, 1.807) is 6.92 Å². The molecule has 1 amide bonds. The number of esters is 1. The molecular formula is C18H22ClN3O3. The third kappa shape index (κ3) is 4.31. The molecule has 134 valence electrons. The van der Waals surface area contributed by atoms with Gasteiger partial charge in [-0.3, -0.25) is 14.3 Å². The number of halogens is 1. The molecule has 1 aliphatic carbocycles. The van der Waals surface area contributed by atoms with Gasteiger partial charge < -0.3 is 10.1 Å². The zero-order valence-corrected chi connectivity index (χ0v) is 15.0. The Balaban J connectivity index is 1.65. The van der Waals surface area contributed by atoms with Crippen molar-refractivity contribution in [2.24, 2.45) is 5.92 Å². The molecule has 0 atom stereocenters. The smallest absolute Gasteiger partial charge is 0.306 e. The number of amides is 1. The summed E-state index contributed by atoms with van der Waals surface area (Å²) in [6, 6.07) is 5.58. The van der Waals surface area contributed by atoms with Gasteiger partial charge in [0.15, 0.2) is 5.15 Å². The predicted molar refractivity (Wildman–Crippen MR) is 96.6 cm³/mol. The molecule has 3 rings (SSSR count). The molecule has 0 saturated heterocycles. The van der Waals surface area contributed by atoms with Crippen LogP contribution in [0.5, 0.6) is 0 Å². The van der Waals surface area contributed by atoms with Crippen LogP contribution in [0.4, 0.5) is 5.69 Å². The van der Waals surface area contributed by atoms with E-state index in [1.807, 2.05) is 22.9 Å². The minimum absolute atomic E-state index is 0.0714. The number of carbonyl (C=O) groups excluding carboxylic acids is 2. The first kappa shape index (κ1) is 17.7. The Labute approximate surface area is 151 Å². The highest BCUT2D eigenvalue weighted by Gasteiger charge is 2.20. The molecule has 1 aromatic carbocycles. The summed E-state index contributed by atoms with van der Waals surface area (Å²) in [5.41, 5.74) is 1.62. The molecule has 1 saturated carbocycles. The van der Waals surface area contributed by atoms with Crippen molar-refractivity contribution >= 4 is 40.1 Å². The highest BCUT2D eigenvalue weighted by atomic mass is 35.5. The number of aromatic nitrogens is 2. The number of carbonyl (C=O) groups is 2. The molecule has 1 heterocycles. The fourth-order valence-corrected chi connectivity index (χ4v) is 3.19. The number of anilines is 1. The van der Waals surface area contributed by atoms with Gasteiger partial charge in [-0.2, -0.15) is 5.10 Å². The molecule has 2 aromatic rings. The molecular weight excluding hydrogens is 342 g/mol. The zero-order chi connectivity index (χ0) is 17.8. The van der Waals surface area contributed by atoms with Crippen molar-refractivity contribution < 1.29 is 14.3 Å². The van der Waals surface area contributed by atoms with Crippen molar-refractivity contribution in [1.29, 1.82) is 0 Å². The summed E-state index contributed by atoms with van der Waals surface area (Å²) in [4.78, 5) is 23.3. The number of fused-ring (bicyclic) bond motifs is 1. The highest BCUT2D eigenvalue weighted by molar-refractivity contribution is 6.34. The molecule has 0 bridgehead atoms. The third-order valence-electron chi connectivity index (χ3n) is 4.51. The normalized spacial score (nSPS) is 14.3. The molecule has 1 aromatic heterocycles. The van der Waals surface area contributed by atoms with Crippen LogP contribution in [0.1, 0.15) is 39.0 Å². The Bertz CT molecular complexity index is 783. The number of hydrogen-bond donors (Lipinski definition) is 1. The minimum Gasteiger partial charge on any atom is -0.466 e. The summed E-state index contributed by atoms with van der Waals surface area (Å²) >= 11 is 6.26. The summed E-state index contributed by atoms with van der Waals surface area (Å²) < 4.78 is 6.77. The summed E-state index contributed by atoms with van der Waals surface area (Å²) in [6.45, 7) is 2.94. The molecule has 0 unspecified atom stereocenters. The number of nitrogens with one attached hydrogen (secondary N) is 1. The number of nitrogens with zero attached hydrogens (tertiary/aromatic N) is 2. The van der Waals surface area contributed by atoms with Gasteiger partial charge in [0.2, 0.25) is 5.91 Å². The summed E-state index contributed by atoms with van der Waals surface area (Å²) in [6.07, 6.45) is 3.94. The molecule has 25 heavy (non-hydrogen) atoms. The molecule has 7 heteroatoms. The second kappa shape index (κ2) is 7.87. The molecule has 6 nitrogen and oxygen atoms in total. The van der Waals surface area contributed by atoms with Gasteiger partial charge in [-0.05, 0) is 43.9 Å². The Morgan fingerprint density at radius 1 is 1.36 bits per heavy atom. The van der Waals surface area contributed by atoms with E-state index in [0.717, 1.165) is 17.4 Å². The van der Waals surface area contributed by atoms with Crippen LogP contribution in [0.15, 0.2) is 18.2 Å². The van der Waals surface area contributed by atoms with Gasteiger partial charge in [-0.1, -0.05) is 18.0 Å². The fourth-order valence-electron chi connectivity index (χ4n) is 2.95. The van der Waals surface area contributed by atoms with Crippen molar-refractivity contribution in [1.82, 2.24) is 9.78 Å². The molecule has 1 N–H and O–H groups in total. The number of rotatable bonds is 7. The fraction of sp³-hybridized carbons (Fsp3) is 0.500. The highest BCUT2D eigenvalue weighted by Crippen LogP contribution is 2.31. The second-order valence-corrected chi connectivity index (χ2v) is 6.71. The van der Waals surface area contributed by atoms with Gasteiger partial charge in [0.1, 0.15) is 0 Å². The van der Waals surface area contributed by atoms with Gasteiger partial charge in [-0.25, -0.2) is 0 Å². The lowest BCUT2D eigenvalue weighted by molar-refractivity contribution is -0.144. The van der Waals surface area contributed by atoms with Crippen LogP contribution in [-0.2, 0) is 20.9 Å². The van der Waals surface area contributed by atoms with Crippen molar-refractivity contribution in [3.8, 4) is 0 Å². The van der Waals surface area contributed by atoms with Crippen molar-refractivity contribution in [2.45, 2.75) is 45.6 Å². The predicted octanol–water partition coefficient (Wildman–Crippen LogP) is 3.77. The van der Waals surface area contributed by atoms with Crippen LogP contribution in [0.2, 0.25) is 5.15 Å². The second-order valence-electron chi connectivity index (χ2n) is 6.35. The molecule has 0 aliphatic heterocycles. The maximum Gasteiger partial charge on any atom is 0.306 e. The number of benzene rings is 1. The van der Waals surface area contributed by atoms with E-state index < -0.39 is 0 Å². The molecule has 1 fully saturated rings. The lowest BCUT2D eigenvalue weighted by atomic mass is 9.85. The Morgan fingerprint density at radius 2 is 2.16 bits per heavy atom. The molecule has 0 radical (unpaired) electrons. The minimum atomic E-state index is -0.367. The average Bonchev–Trinajstić information content (AvgIpc) is 2.85. The first-order valence-electron chi connectivity index (χ1n) is 8.68. The first-order valence-corrected chi connectivity index (χ1v) is 9.06. The summed E-state index contributed by atoms with van der Waals surface area (Å²) in [5, 5.41) is 8.47. The van der Waals surface area contributed by atoms with Crippen LogP contribution in [0.3, 0.4) is 0 Å². The van der Waals surface area contributed by atoms with E-state index in [1.165, 1.54) is 19.3 Å². The van der Waals surface area contributed by atoms with Crippen LogP contribution < -0.4 is 5.32 Å². The largest absolute Gasteiger partial charge is 0.466 e. The van der Waals surface area contributed by atoms with E-state index in [-0.39, 0.29) is 24.7 Å². The molecule has 1 aliphatic rings. The van der Waals surface area contributed by atoms with Crippen molar-refractivity contribution in [3.63, 3.8) is 0 Å². The standard InChI is InChI=1S/C18H22ClN3O3/c1-2-25-17(24)9-8-16(23)20-13-6-7-15-14(10-13)18(19)21-22(15)11-12-4-3-5-12/h6-7,10,12H,2-5,8-9,11H2,1H3,(H,20,23). The van der Waals surface area contributed by atoms with Gasteiger partial charge in [0.25, 0.3) is 0 Å². The summed E-state index contributed by atoms with van der Waals surface area (Å²) in [5.74, 6) is 0.0835. The average molecular weight is 364 g/mol. The lowest BCUT2D eigenvalue weighted by Gasteiger charge is -2.25. The van der Waals surface area contributed by atoms with E-state index >= 15 is 0 Å². The van der Waals surface area contributed by atoms with E-state index in [4.69, 9.17) is 16.3 Å². The van der Waals surface area contributed by atoms with Gasteiger partial charge in [0.05, 0.1) is 18.5 Å². The monoisotopic (exact) mass is 363 g/mol. The van der Waals surface area contributed by atoms with E-state index in [9.17, 15) is 9.59 Å². The van der Waals surface area contributed by atoms with Crippen LogP contribution in [0.25, 0.3) is 10.9 Å². The topological polar surface area (TPSA) is 73.2 Å². The quantitative estimate of drug-likeness (QED) is 0.760. The zero-order valence-electron chi connectivity index (χ0n) is 14.3. The number of ether oxygens (including phenoxy) is 1. The number of hydrogen-bond acceptors (Lipinski definition) is 4. The molecule has 0 spiro atoms. The van der Waals surface area contributed by atoms with Gasteiger partial charge in [-0.15, -0.1) is 0 Å². The Kier molecular flexibility index (Phi) is 5.58. The SMILES string of the molecule is CCOC(=O)CCC(=O)Nc1ccc2c(c1)c(Cl)nn2CC1CCC1. The van der Waals surface area contributed by atoms with Crippen LogP contribution in [0, 0.1) is 5.92 Å². The lowest BCUT2D eigenvalue weighted by Crippen LogP contribution is -2.18. The first-order chi connectivity index (χ1) is 12.1.